The zero-order valence-electron chi connectivity index (χ0n) is 4.53. The molecule has 0 radical (unpaired) electrons. The predicted molar refractivity (Wildman–Crippen MR) is 29.7 cm³/mol. The largest absolute Gasteiger partial charge is 0.353 e. The molecule has 1 aliphatic heterocycles. The average molecular weight is 134 g/mol. The molecule has 1 heterocycles. The Kier molecular flexibility index (Phi) is 1.52. The molecule has 0 saturated carbocycles. The summed E-state index contributed by atoms with van der Waals surface area (Å²) in [5.41, 5.74) is 0. The zero-order valence-corrected chi connectivity index (χ0v) is 5.43. The first kappa shape index (κ1) is 6.02. The van der Waals surface area contributed by atoms with Crippen LogP contribution < -0.4 is 0 Å². The van der Waals surface area contributed by atoms with Crippen LogP contribution in [0.5, 0.6) is 0 Å². The number of hydrogen-bond donors (Lipinski definition) is 0. The van der Waals surface area contributed by atoms with E-state index < -0.39 is 7.60 Å². The molecule has 1 rings (SSSR count). The van der Waals surface area contributed by atoms with Crippen LogP contribution in [0.2, 0.25) is 0 Å². The topological polar surface area (TPSA) is 35.5 Å². The van der Waals surface area contributed by atoms with Gasteiger partial charge in [0.05, 0.1) is 6.61 Å². The van der Waals surface area contributed by atoms with Crippen LogP contribution in [0.15, 0.2) is 11.9 Å². The van der Waals surface area contributed by atoms with Crippen LogP contribution >= 0.6 is 7.60 Å². The maximum absolute atomic E-state index is 10.9. The molecular formula is C4H7O3P. The fourth-order valence-corrected chi connectivity index (χ4v) is 1.43. The maximum Gasteiger partial charge on any atom is 0.353 e. The van der Waals surface area contributed by atoms with E-state index in [1.165, 1.54) is 12.9 Å². The Balaban J connectivity index is 2.69. The van der Waals surface area contributed by atoms with E-state index in [1.54, 1.807) is 6.08 Å². The van der Waals surface area contributed by atoms with Crippen molar-refractivity contribution in [1.29, 1.82) is 0 Å². The molecule has 8 heavy (non-hydrogen) atoms. The van der Waals surface area contributed by atoms with E-state index in [4.69, 9.17) is 4.52 Å². The Morgan fingerprint density at radius 2 is 2.62 bits per heavy atom. The Morgan fingerprint density at radius 3 is 2.88 bits per heavy atom. The zero-order chi connectivity index (χ0) is 6.04. The summed E-state index contributed by atoms with van der Waals surface area (Å²) in [5.74, 6) is 1.47. The molecule has 0 fully saturated rings. The summed E-state index contributed by atoms with van der Waals surface area (Å²) in [6.45, 7) is 0.408. The Morgan fingerprint density at radius 1 is 1.88 bits per heavy atom. The van der Waals surface area contributed by atoms with Crippen molar-refractivity contribution >= 4 is 7.60 Å². The van der Waals surface area contributed by atoms with Crippen molar-refractivity contribution in [3.05, 3.63) is 11.9 Å². The smallest absolute Gasteiger partial charge is 0.309 e. The third-order valence-corrected chi connectivity index (χ3v) is 2.49. The monoisotopic (exact) mass is 134 g/mol. The van der Waals surface area contributed by atoms with Crippen LogP contribution in [0.25, 0.3) is 0 Å². The molecule has 4 heteroatoms. The van der Waals surface area contributed by atoms with Crippen molar-refractivity contribution in [2.45, 2.75) is 0 Å². The van der Waals surface area contributed by atoms with Crippen LogP contribution in [0, 0.1) is 0 Å². The van der Waals surface area contributed by atoms with Crippen molar-refractivity contribution in [2.75, 3.05) is 13.7 Å². The van der Waals surface area contributed by atoms with Gasteiger partial charge in [-0.3, -0.25) is 4.57 Å². The molecule has 0 aromatic carbocycles. The lowest BCUT2D eigenvalue weighted by Gasteiger charge is -2.03. The summed E-state index contributed by atoms with van der Waals surface area (Å²) >= 11 is 0. The molecule has 1 unspecified atom stereocenters. The minimum absolute atomic E-state index is 0.408. The molecule has 0 aliphatic carbocycles. The van der Waals surface area contributed by atoms with Gasteiger partial charge in [-0.2, -0.15) is 0 Å². The van der Waals surface area contributed by atoms with Crippen molar-refractivity contribution in [2.24, 2.45) is 0 Å². The molecular weight excluding hydrogens is 127 g/mol. The highest BCUT2D eigenvalue weighted by Gasteiger charge is 2.21. The van der Waals surface area contributed by atoms with Crippen LogP contribution in [0.3, 0.4) is 0 Å². The second-order valence-electron chi connectivity index (χ2n) is 1.40. The van der Waals surface area contributed by atoms with Gasteiger partial charge in [0.15, 0.2) is 0 Å². The van der Waals surface area contributed by atoms with Gasteiger partial charge >= 0.3 is 7.60 Å². The molecule has 3 nitrogen and oxygen atoms in total. The van der Waals surface area contributed by atoms with E-state index in [9.17, 15) is 4.57 Å². The van der Waals surface area contributed by atoms with E-state index in [1.807, 2.05) is 0 Å². The minimum atomic E-state index is -2.73. The molecule has 1 aliphatic rings. The van der Waals surface area contributed by atoms with E-state index in [0.29, 0.717) is 6.61 Å². The van der Waals surface area contributed by atoms with Gasteiger partial charge in [0.2, 0.25) is 0 Å². The van der Waals surface area contributed by atoms with E-state index >= 15 is 0 Å². The first-order chi connectivity index (χ1) is 3.77. The first-order valence-corrected chi connectivity index (χ1v) is 3.86. The lowest BCUT2D eigenvalue weighted by molar-refractivity contribution is 0.273. The summed E-state index contributed by atoms with van der Waals surface area (Å²) in [4.78, 5) is 0. The third-order valence-electron chi connectivity index (χ3n) is 0.893. The Labute approximate surface area is 47.8 Å². The van der Waals surface area contributed by atoms with E-state index in [0.717, 1.165) is 0 Å². The molecule has 0 aromatic heterocycles. The summed E-state index contributed by atoms with van der Waals surface area (Å²) in [6.07, 6.45) is 1.68. The summed E-state index contributed by atoms with van der Waals surface area (Å²) < 4.78 is 20.1. The molecule has 1 atom stereocenters. The highest BCUT2D eigenvalue weighted by atomic mass is 31.2. The highest BCUT2D eigenvalue weighted by molar-refractivity contribution is 7.57. The quantitative estimate of drug-likeness (QED) is 0.508. The average Bonchev–Trinajstić information content (AvgIpc) is 2.17. The Bertz CT molecular complexity index is 151. The van der Waals surface area contributed by atoms with Gasteiger partial charge in [0.1, 0.15) is 0 Å². The van der Waals surface area contributed by atoms with Crippen molar-refractivity contribution < 1.29 is 13.6 Å². The highest BCUT2D eigenvalue weighted by Crippen LogP contribution is 2.51. The van der Waals surface area contributed by atoms with Gasteiger partial charge < -0.3 is 9.05 Å². The first-order valence-electron chi connectivity index (χ1n) is 2.24. The second-order valence-corrected chi connectivity index (χ2v) is 3.40. The van der Waals surface area contributed by atoms with Gasteiger partial charge in [0, 0.05) is 12.9 Å². The van der Waals surface area contributed by atoms with E-state index in [2.05, 4.69) is 4.52 Å². The molecule has 0 aromatic rings. The fourth-order valence-electron chi connectivity index (χ4n) is 0.476. The Hall–Kier alpha value is -0.110. The van der Waals surface area contributed by atoms with Gasteiger partial charge in [-0.15, -0.1) is 0 Å². The molecule has 46 valence electrons. The number of hydrogen-bond acceptors (Lipinski definition) is 3. The van der Waals surface area contributed by atoms with Crippen LogP contribution in [0.4, 0.5) is 0 Å². The van der Waals surface area contributed by atoms with Crippen molar-refractivity contribution in [3.63, 3.8) is 0 Å². The summed E-state index contributed by atoms with van der Waals surface area (Å²) in [6, 6.07) is 0. The van der Waals surface area contributed by atoms with Crippen LogP contribution in [-0.4, -0.2) is 13.7 Å². The molecule has 0 amide bonds. The van der Waals surface area contributed by atoms with Crippen LogP contribution in [0.1, 0.15) is 0 Å². The lowest BCUT2D eigenvalue weighted by Crippen LogP contribution is -1.80. The fraction of sp³-hybridized carbons (Fsp3) is 0.500. The second kappa shape index (κ2) is 2.02. The van der Waals surface area contributed by atoms with Crippen LogP contribution in [-0.2, 0) is 13.6 Å². The van der Waals surface area contributed by atoms with Crippen molar-refractivity contribution in [3.8, 4) is 0 Å². The molecule has 0 saturated heterocycles. The minimum Gasteiger partial charge on any atom is -0.309 e. The molecule has 0 spiro atoms. The third kappa shape index (κ3) is 0.996. The van der Waals surface area contributed by atoms with Crippen molar-refractivity contribution in [1.82, 2.24) is 0 Å². The van der Waals surface area contributed by atoms with Gasteiger partial charge in [-0.1, -0.05) is 6.08 Å². The summed E-state index contributed by atoms with van der Waals surface area (Å²) in [7, 11) is -1.36. The lowest BCUT2D eigenvalue weighted by atomic mass is 10.7. The van der Waals surface area contributed by atoms with E-state index in [-0.39, 0.29) is 0 Å². The van der Waals surface area contributed by atoms with Gasteiger partial charge in [-0.05, 0) is 0 Å². The maximum atomic E-state index is 10.9. The molecule has 0 N–H and O–H groups in total. The SMILES string of the molecule is COP1(=O)C=CCO1. The predicted octanol–water partition coefficient (Wildman–Crippen LogP) is 1.37. The standard InChI is InChI=1S/C4H7O3P/c1-6-8(5)4-2-3-7-8/h2,4H,3H2,1H3. The normalized spacial score (nSPS) is 36.1. The summed E-state index contributed by atoms with van der Waals surface area (Å²) in [5, 5.41) is 0. The van der Waals surface area contributed by atoms with Gasteiger partial charge in [0.25, 0.3) is 0 Å². The molecule has 0 bridgehead atoms. The number of rotatable bonds is 1. The van der Waals surface area contributed by atoms with Gasteiger partial charge in [-0.25, -0.2) is 0 Å².